The van der Waals surface area contributed by atoms with Gasteiger partial charge in [-0.2, -0.15) is 0 Å². The predicted octanol–water partition coefficient (Wildman–Crippen LogP) is 5.29. The molecule has 4 nitrogen and oxygen atoms in total. The lowest BCUT2D eigenvalue weighted by Crippen LogP contribution is -2.03. The third-order valence-corrected chi connectivity index (χ3v) is 3.90. The van der Waals surface area contributed by atoms with Crippen LogP contribution in [0.5, 0.6) is 0 Å². The van der Waals surface area contributed by atoms with E-state index in [1.165, 1.54) is 0 Å². The van der Waals surface area contributed by atoms with E-state index in [9.17, 15) is 9.90 Å². The lowest BCUT2D eigenvalue weighted by molar-refractivity contribution is 0.0698. The highest BCUT2D eigenvalue weighted by molar-refractivity contribution is 6.39. The van der Waals surface area contributed by atoms with Crippen LogP contribution in [0.25, 0.3) is 10.9 Å². The summed E-state index contributed by atoms with van der Waals surface area (Å²) in [6, 6.07) is 11.9. The van der Waals surface area contributed by atoms with E-state index in [-0.39, 0.29) is 5.56 Å². The van der Waals surface area contributed by atoms with E-state index in [2.05, 4.69) is 10.3 Å². The van der Waals surface area contributed by atoms with Crippen molar-refractivity contribution in [2.24, 2.45) is 0 Å². The molecule has 0 saturated carbocycles. The number of rotatable bonds is 3. The first-order valence-corrected chi connectivity index (χ1v) is 7.57. The summed E-state index contributed by atoms with van der Waals surface area (Å²) in [6.07, 6.45) is 0. The molecule has 0 aliphatic rings. The minimum Gasteiger partial charge on any atom is -0.478 e. The van der Waals surface area contributed by atoms with E-state index in [0.717, 1.165) is 5.69 Å². The van der Waals surface area contributed by atoms with E-state index < -0.39 is 5.97 Å². The number of nitrogens with one attached hydrogen (secondary N) is 1. The van der Waals surface area contributed by atoms with Gasteiger partial charge < -0.3 is 10.4 Å². The fourth-order valence-electron chi connectivity index (χ4n) is 2.44. The Kier molecular flexibility index (Phi) is 4.11. The van der Waals surface area contributed by atoms with Gasteiger partial charge in [-0.05, 0) is 37.3 Å². The number of anilines is 2. The molecule has 0 saturated heterocycles. The van der Waals surface area contributed by atoms with Crippen molar-refractivity contribution in [1.82, 2.24) is 4.98 Å². The normalized spacial score (nSPS) is 10.7. The average Bonchev–Trinajstić information content (AvgIpc) is 2.46. The molecule has 3 rings (SSSR count). The van der Waals surface area contributed by atoms with Gasteiger partial charge in [0.2, 0.25) is 0 Å². The van der Waals surface area contributed by atoms with E-state index >= 15 is 0 Å². The third kappa shape index (κ3) is 3.09. The number of para-hydroxylation sites is 1. The highest BCUT2D eigenvalue weighted by Gasteiger charge is 2.13. The molecule has 2 aromatic carbocycles. The molecule has 0 atom stereocenters. The van der Waals surface area contributed by atoms with Crippen LogP contribution in [0.2, 0.25) is 10.0 Å². The number of hydrogen-bond donors (Lipinski definition) is 2. The zero-order chi connectivity index (χ0) is 16.6. The standard InChI is InChI=1S/C17H12Cl2N2O2/c1-9-6-14(16-12(19)7-10(18)8-15(16)20-9)21-13-5-3-2-4-11(13)17(22)23/h2-8H,1H3,(H,20,21)(H,22,23). The van der Waals surface area contributed by atoms with Gasteiger partial charge in [-0.1, -0.05) is 35.3 Å². The van der Waals surface area contributed by atoms with Gasteiger partial charge >= 0.3 is 5.97 Å². The van der Waals surface area contributed by atoms with Crippen LogP contribution in [-0.2, 0) is 0 Å². The minimum atomic E-state index is -1.00. The number of carbonyl (C=O) groups is 1. The quantitative estimate of drug-likeness (QED) is 0.676. The van der Waals surface area contributed by atoms with E-state index in [1.54, 1.807) is 36.4 Å². The van der Waals surface area contributed by atoms with E-state index in [1.807, 2.05) is 13.0 Å². The SMILES string of the molecule is Cc1cc(Nc2ccccc2C(=O)O)c2c(Cl)cc(Cl)cc2n1. The Morgan fingerprint density at radius 2 is 1.87 bits per heavy atom. The van der Waals surface area contributed by atoms with Crippen molar-refractivity contribution in [3.63, 3.8) is 0 Å². The van der Waals surface area contributed by atoms with Crippen LogP contribution < -0.4 is 5.32 Å². The van der Waals surface area contributed by atoms with Crippen LogP contribution in [-0.4, -0.2) is 16.1 Å². The molecule has 1 heterocycles. The van der Waals surface area contributed by atoms with Crippen molar-refractivity contribution in [2.45, 2.75) is 6.92 Å². The maximum absolute atomic E-state index is 11.4. The number of pyridine rings is 1. The molecule has 0 aliphatic heterocycles. The van der Waals surface area contributed by atoms with Crippen LogP contribution in [0.4, 0.5) is 11.4 Å². The maximum atomic E-state index is 11.4. The second-order valence-corrected chi connectivity index (χ2v) is 5.91. The van der Waals surface area contributed by atoms with E-state index in [4.69, 9.17) is 23.2 Å². The molecule has 2 N–H and O–H groups in total. The number of aromatic carboxylic acids is 1. The number of nitrogens with zero attached hydrogens (tertiary/aromatic N) is 1. The summed E-state index contributed by atoms with van der Waals surface area (Å²) in [7, 11) is 0. The van der Waals surface area contributed by atoms with Gasteiger partial charge in [0.05, 0.1) is 27.5 Å². The summed E-state index contributed by atoms with van der Waals surface area (Å²) in [5.74, 6) is -1.00. The molecule has 1 aromatic heterocycles. The minimum absolute atomic E-state index is 0.181. The number of aryl methyl sites for hydroxylation is 1. The largest absolute Gasteiger partial charge is 0.478 e. The van der Waals surface area contributed by atoms with Gasteiger partial charge in [0.25, 0.3) is 0 Å². The zero-order valence-electron chi connectivity index (χ0n) is 12.1. The number of benzene rings is 2. The topological polar surface area (TPSA) is 62.2 Å². The summed E-state index contributed by atoms with van der Waals surface area (Å²) < 4.78 is 0. The summed E-state index contributed by atoms with van der Waals surface area (Å²) in [5, 5.41) is 14.1. The molecule has 6 heteroatoms. The lowest BCUT2D eigenvalue weighted by atomic mass is 10.1. The van der Waals surface area contributed by atoms with Gasteiger partial charge in [-0.25, -0.2) is 4.79 Å². The molecule has 0 aliphatic carbocycles. The van der Waals surface area contributed by atoms with Crippen molar-refractivity contribution >= 4 is 51.4 Å². The summed E-state index contributed by atoms with van der Waals surface area (Å²) >= 11 is 12.3. The lowest BCUT2D eigenvalue weighted by Gasteiger charge is -2.14. The van der Waals surface area contributed by atoms with Gasteiger partial charge in [-0.3, -0.25) is 4.98 Å². The first kappa shape index (κ1) is 15.6. The highest BCUT2D eigenvalue weighted by Crippen LogP contribution is 2.35. The molecule has 0 radical (unpaired) electrons. The number of aromatic nitrogens is 1. The van der Waals surface area contributed by atoms with Gasteiger partial charge in [-0.15, -0.1) is 0 Å². The van der Waals surface area contributed by atoms with Crippen molar-refractivity contribution in [1.29, 1.82) is 0 Å². The molecule has 0 bridgehead atoms. The monoisotopic (exact) mass is 346 g/mol. The molecule has 23 heavy (non-hydrogen) atoms. The number of carboxylic acids is 1. The Bertz CT molecular complexity index is 921. The Morgan fingerprint density at radius 3 is 2.61 bits per heavy atom. The van der Waals surface area contributed by atoms with Gasteiger partial charge in [0.15, 0.2) is 0 Å². The van der Waals surface area contributed by atoms with E-state index in [0.29, 0.717) is 32.3 Å². The molecule has 0 amide bonds. The predicted molar refractivity (Wildman–Crippen MR) is 93.2 cm³/mol. The summed E-state index contributed by atoms with van der Waals surface area (Å²) in [4.78, 5) is 15.8. The Balaban J connectivity index is 2.20. The van der Waals surface area contributed by atoms with Crippen LogP contribution in [0.15, 0.2) is 42.5 Å². The molecular weight excluding hydrogens is 335 g/mol. The molecular formula is C17H12Cl2N2O2. The smallest absolute Gasteiger partial charge is 0.337 e. The van der Waals surface area contributed by atoms with Crippen molar-refractivity contribution in [3.05, 3.63) is 63.8 Å². The Hall–Kier alpha value is -2.30. The molecule has 3 aromatic rings. The molecule has 0 unspecified atom stereocenters. The van der Waals surface area contributed by atoms with Crippen LogP contribution in [0.1, 0.15) is 16.1 Å². The fraction of sp³-hybridized carbons (Fsp3) is 0.0588. The average molecular weight is 347 g/mol. The van der Waals surface area contributed by atoms with Gasteiger partial charge in [0.1, 0.15) is 0 Å². The van der Waals surface area contributed by atoms with Crippen molar-refractivity contribution < 1.29 is 9.90 Å². The Labute approximate surface area is 142 Å². The highest BCUT2D eigenvalue weighted by atomic mass is 35.5. The molecule has 116 valence electrons. The van der Waals surface area contributed by atoms with Crippen LogP contribution in [0.3, 0.4) is 0 Å². The number of fused-ring (bicyclic) bond motifs is 1. The van der Waals surface area contributed by atoms with Crippen LogP contribution >= 0.6 is 23.2 Å². The zero-order valence-corrected chi connectivity index (χ0v) is 13.6. The molecule has 0 fully saturated rings. The van der Waals surface area contributed by atoms with Crippen molar-refractivity contribution in [3.8, 4) is 0 Å². The number of carboxylic acid groups (broad SMARTS) is 1. The van der Waals surface area contributed by atoms with Crippen LogP contribution in [0, 0.1) is 6.92 Å². The fourth-order valence-corrected chi connectivity index (χ4v) is 3.02. The number of halogens is 2. The Morgan fingerprint density at radius 1 is 1.13 bits per heavy atom. The first-order valence-electron chi connectivity index (χ1n) is 6.81. The number of hydrogen-bond acceptors (Lipinski definition) is 3. The summed E-state index contributed by atoms with van der Waals surface area (Å²) in [5.41, 5.74) is 2.77. The third-order valence-electron chi connectivity index (χ3n) is 3.38. The second-order valence-electron chi connectivity index (χ2n) is 5.07. The first-order chi connectivity index (χ1) is 11.0. The maximum Gasteiger partial charge on any atom is 0.337 e. The van der Waals surface area contributed by atoms with Crippen molar-refractivity contribution in [2.75, 3.05) is 5.32 Å². The second kappa shape index (κ2) is 6.07. The van der Waals surface area contributed by atoms with Gasteiger partial charge in [0, 0.05) is 16.1 Å². The summed E-state index contributed by atoms with van der Waals surface area (Å²) in [6.45, 7) is 1.85. The molecule has 0 spiro atoms.